The summed E-state index contributed by atoms with van der Waals surface area (Å²) in [6.45, 7) is 2.38. The van der Waals surface area contributed by atoms with Gasteiger partial charge in [0.2, 0.25) is 0 Å². The summed E-state index contributed by atoms with van der Waals surface area (Å²) in [5, 5.41) is 5.05. The minimum absolute atomic E-state index is 0.189. The Bertz CT molecular complexity index is 992. The first-order chi connectivity index (χ1) is 13.5. The van der Waals surface area contributed by atoms with Crippen LogP contribution in [0.15, 0.2) is 36.4 Å². The number of carbonyl (C=O) groups excluding carboxylic acids is 1. The van der Waals surface area contributed by atoms with E-state index in [0.29, 0.717) is 35.3 Å². The van der Waals surface area contributed by atoms with Crippen molar-refractivity contribution in [1.29, 1.82) is 0 Å². The third-order valence-electron chi connectivity index (χ3n) is 4.91. The molecular weight excluding hydrogens is 366 g/mol. The molecule has 0 spiro atoms. The molecule has 2 unspecified atom stereocenters. The lowest BCUT2D eigenvalue weighted by molar-refractivity contribution is -0.0367. The number of aldehydes is 1. The number of halogens is 2. The SMILES string of the molecule is CC(Oc1ccc2c(c1)c(C=O)nn2C1CCCCO1)c1cc(F)cc(F)c1. The third-order valence-corrected chi connectivity index (χ3v) is 4.91. The molecule has 4 rings (SSSR count). The molecule has 1 saturated heterocycles. The molecule has 0 saturated carbocycles. The zero-order valence-corrected chi connectivity index (χ0v) is 15.4. The first-order valence-corrected chi connectivity index (χ1v) is 9.27. The van der Waals surface area contributed by atoms with Gasteiger partial charge in [-0.1, -0.05) is 0 Å². The molecule has 2 atom stereocenters. The minimum Gasteiger partial charge on any atom is -0.486 e. The maximum absolute atomic E-state index is 13.5. The van der Waals surface area contributed by atoms with E-state index in [1.165, 1.54) is 12.1 Å². The number of carbonyl (C=O) groups is 1. The van der Waals surface area contributed by atoms with Crippen molar-refractivity contribution in [2.24, 2.45) is 0 Å². The maximum atomic E-state index is 13.5. The van der Waals surface area contributed by atoms with Crippen LogP contribution in [-0.4, -0.2) is 22.7 Å². The molecule has 1 aliphatic heterocycles. The monoisotopic (exact) mass is 386 g/mol. The first kappa shape index (κ1) is 18.6. The fourth-order valence-electron chi connectivity index (χ4n) is 3.52. The van der Waals surface area contributed by atoms with Crippen molar-refractivity contribution in [3.63, 3.8) is 0 Å². The van der Waals surface area contributed by atoms with Gasteiger partial charge in [-0.2, -0.15) is 5.10 Å². The molecule has 3 aromatic rings. The number of ether oxygens (including phenoxy) is 2. The van der Waals surface area contributed by atoms with Gasteiger partial charge in [0.1, 0.15) is 29.2 Å². The summed E-state index contributed by atoms with van der Waals surface area (Å²) in [5.74, 6) is -0.826. The fourth-order valence-corrected chi connectivity index (χ4v) is 3.52. The van der Waals surface area contributed by atoms with Gasteiger partial charge in [-0.05, 0) is 62.1 Å². The average molecular weight is 386 g/mol. The second-order valence-electron chi connectivity index (χ2n) is 6.91. The summed E-state index contributed by atoms with van der Waals surface area (Å²) in [4.78, 5) is 11.5. The number of benzene rings is 2. The zero-order chi connectivity index (χ0) is 19.7. The van der Waals surface area contributed by atoms with E-state index in [0.717, 1.165) is 30.8 Å². The molecule has 5 nitrogen and oxygen atoms in total. The molecule has 0 radical (unpaired) electrons. The second kappa shape index (κ2) is 7.67. The van der Waals surface area contributed by atoms with Crippen LogP contribution in [0.4, 0.5) is 8.78 Å². The summed E-state index contributed by atoms with van der Waals surface area (Å²) < 4.78 is 40.3. The summed E-state index contributed by atoms with van der Waals surface area (Å²) in [6, 6.07) is 8.59. The Morgan fingerprint density at radius 3 is 2.68 bits per heavy atom. The second-order valence-corrected chi connectivity index (χ2v) is 6.91. The van der Waals surface area contributed by atoms with Crippen molar-refractivity contribution in [3.8, 4) is 5.75 Å². The number of aromatic nitrogens is 2. The number of nitrogens with zero attached hydrogens (tertiary/aromatic N) is 2. The smallest absolute Gasteiger partial charge is 0.170 e. The van der Waals surface area contributed by atoms with Crippen LogP contribution in [0.25, 0.3) is 10.9 Å². The van der Waals surface area contributed by atoms with E-state index in [-0.39, 0.29) is 6.23 Å². The van der Waals surface area contributed by atoms with E-state index in [9.17, 15) is 13.6 Å². The van der Waals surface area contributed by atoms with Gasteiger partial charge in [0.15, 0.2) is 12.5 Å². The highest BCUT2D eigenvalue weighted by atomic mass is 19.1. The Balaban J connectivity index is 1.64. The highest BCUT2D eigenvalue weighted by Gasteiger charge is 2.21. The molecule has 0 aliphatic carbocycles. The van der Waals surface area contributed by atoms with Crippen molar-refractivity contribution < 1.29 is 23.0 Å². The molecule has 146 valence electrons. The number of rotatable bonds is 5. The molecule has 0 amide bonds. The number of hydrogen-bond donors (Lipinski definition) is 0. The van der Waals surface area contributed by atoms with Crippen molar-refractivity contribution in [1.82, 2.24) is 9.78 Å². The predicted molar refractivity (Wildman–Crippen MR) is 99.4 cm³/mol. The Morgan fingerprint density at radius 1 is 1.21 bits per heavy atom. The largest absolute Gasteiger partial charge is 0.486 e. The fraction of sp³-hybridized carbons (Fsp3) is 0.333. The number of fused-ring (bicyclic) bond motifs is 1. The van der Waals surface area contributed by atoms with Gasteiger partial charge in [-0.25, -0.2) is 13.5 Å². The highest BCUT2D eigenvalue weighted by molar-refractivity contribution is 5.95. The van der Waals surface area contributed by atoms with Gasteiger partial charge in [0.05, 0.1) is 5.52 Å². The Morgan fingerprint density at radius 2 is 2.00 bits per heavy atom. The number of hydrogen-bond acceptors (Lipinski definition) is 4. The molecule has 1 fully saturated rings. The van der Waals surface area contributed by atoms with Gasteiger partial charge < -0.3 is 9.47 Å². The minimum atomic E-state index is -0.655. The predicted octanol–water partition coefficient (Wildman–Crippen LogP) is 4.97. The molecule has 2 aromatic carbocycles. The van der Waals surface area contributed by atoms with Crippen molar-refractivity contribution in [3.05, 3.63) is 59.3 Å². The Labute approximate surface area is 160 Å². The van der Waals surface area contributed by atoms with Crippen LogP contribution in [0.2, 0.25) is 0 Å². The normalized spacial score (nSPS) is 18.2. The van der Waals surface area contributed by atoms with Gasteiger partial charge in [0.25, 0.3) is 0 Å². The van der Waals surface area contributed by atoms with Crippen molar-refractivity contribution in [2.45, 2.75) is 38.5 Å². The molecule has 0 bridgehead atoms. The van der Waals surface area contributed by atoms with Gasteiger partial charge in [-0.3, -0.25) is 4.79 Å². The molecule has 28 heavy (non-hydrogen) atoms. The van der Waals surface area contributed by atoms with E-state index in [2.05, 4.69) is 5.10 Å². The molecule has 7 heteroatoms. The van der Waals surface area contributed by atoms with Crippen LogP contribution in [0.1, 0.15) is 54.6 Å². The lowest BCUT2D eigenvalue weighted by atomic mass is 10.1. The van der Waals surface area contributed by atoms with Crippen LogP contribution in [0.5, 0.6) is 5.75 Å². The summed E-state index contributed by atoms with van der Waals surface area (Å²) in [5.41, 5.74) is 1.48. The van der Waals surface area contributed by atoms with Crippen LogP contribution >= 0.6 is 0 Å². The topological polar surface area (TPSA) is 53.3 Å². The first-order valence-electron chi connectivity index (χ1n) is 9.27. The van der Waals surface area contributed by atoms with E-state index in [1.54, 1.807) is 23.7 Å². The average Bonchev–Trinajstić information content (AvgIpc) is 3.06. The highest BCUT2D eigenvalue weighted by Crippen LogP contribution is 2.31. The van der Waals surface area contributed by atoms with Gasteiger partial charge in [-0.15, -0.1) is 0 Å². The van der Waals surface area contributed by atoms with E-state index in [1.807, 2.05) is 6.07 Å². The van der Waals surface area contributed by atoms with Gasteiger partial charge >= 0.3 is 0 Å². The van der Waals surface area contributed by atoms with Crippen LogP contribution in [0.3, 0.4) is 0 Å². The van der Waals surface area contributed by atoms with Crippen molar-refractivity contribution >= 4 is 17.2 Å². The molecular formula is C21H20F2N2O3. The molecule has 1 aliphatic rings. The molecule has 2 heterocycles. The van der Waals surface area contributed by atoms with E-state index in [4.69, 9.17) is 9.47 Å². The quantitative estimate of drug-likeness (QED) is 0.581. The van der Waals surface area contributed by atoms with Gasteiger partial charge in [0, 0.05) is 18.1 Å². The van der Waals surface area contributed by atoms with Crippen molar-refractivity contribution in [2.75, 3.05) is 6.61 Å². The Kier molecular flexibility index (Phi) is 5.09. The van der Waals surface area contributed by atoms with Crippen LogP contribution in [-0.2, 0) is 4.74 Å². The third kappa shape index (κ3) is 3.62. The van der Waals surface area contributed by atoms with Crippen LogP contribution in [0, 0.1) is 11.6 Å². The standard InChI is InChI=1S/C21H20F2N2O3/c1-13(14-8-15(22)10-16(23)9-14)28-17-5-6-20-18(11-17)19(12-26)24-25(20)21-4-2-3-7-27-21/h5-6,8-13,21H,2-4,7H2,1H3. The zero-order valence-electron chi connectivity index (χ0n) is 15.4. The Hall–Kier alpha value is -2.80. The van der Waals surface area contributed by atoms with E-state index < -0.39 is 17.7 Å². The maximum Gasteiger partial charge on any atom is 0.170 e. The summed E-state index contributed by atoms with van der Waals surface area (Å²) in [6.07, 6.45) is 2.86. The van der Waals surface area contributed by atoms with Crippen LogP contribution < -0.4 is 4.74 Å². The summed E-state index contributed by atoms with van der Waals surface area (Å²) >= 11 is 0. The summed E-state index contributed by atoms with van der Waals surface area (Å²) in [7, 11) is 0. The lowest BCUT2D eigenvalue weighted by Crippen LogP contribution is -2.19. The molecule has 1 aromatic heterocycles. The molecule has 0 N–H and O–H groups in total. The lowest BCUT2D eigenvalue weighted by Gasteiger charge is -2.23. The van der Waals surface area contributed by atoms with E-state index >= 15 is 0 Å².